The van der Waals surface area contributed by atoms with Crippen LogP contribution in [0.2, 0.25) is 0 Å². The lowest BCUT2D eigenvalue weighted by atomic mass is 10.1. The molecule has 0 saturated carbocycles. The molecule has 3 aromatic rings. The van der Waals surface area contributed by atoms with Gasteiger partial charge in [-0.2, -0.15) is 0 Å². The first-order valence-corrected chi connectivity index (χ1v) is 11.3. The first-order valence-electron chi connectivity index (χ1n) is 11.3. The van der Waals surface area contributed by atoms with Gasteiger partial charge in [-0.3, -0.25) is 9.59 Å². The zero-order valence-corrected chi connectivity index (χ0v) is 19.0. The maximum absolute atomic E-state index is 13.3. The van der Waals surface area contributed by atoms with E-state index in [1.54, 1.807) is 16.1 Å². The Morgan fingerprint density at radius 2 is 1.56 bits per heavy atom. The van der Waals surface area contributed by atoms with Gasteiger partial charge in [0, 0.05) is 18.7 Å². The first kappa shape index (κ1) is 23.3. The maximum Gasteiger partial charge on any atom is 0.254 e. The predicted octanol–water partition coefficient (Wildman–Crippen LogP) is 4.97. The van der Waals surface area contributed by atoms with Crippen LogP contribution in [-0.4, -0.2) is 41.2 Å². The van der Waals surface area contributed by atoms with E-state index in [0.717, 1.165) is 25.0 Å². The summed E-state index contributed by atoms with van der Waals surface area (Å²) in [6, 6.07) is 21.4. The molecule has 2 amide bonds. The number of hydrogen-bond donors (Lipinski definition) is 0. The molecule has 0 N–H and O–H groups in total. The first-order chi connectivity index (χ1) is 15.6. The van der Waals surface area contributed by atoms with Crippen LogP contribution in [-0.2, 0) is 24.2 Å². The topological polar surface area (TPSA) is 53.8 Å². The van der Waals surface area contributed by atoms with Crippen molar-refractivity contribution in [2.45, 2.75) is 39.7 Å². The minimum absolute atomic E-state index is 0.0533. The molecular formula is C27H32N2O3. The standard InChI is InChI=1S/C27H32N2O3/c1-3-17-29(27(31)24-14-12-22(4-2)13-15-24)21-26(30)28(20-25-11-8-19-32-25)18-16-23-9-6-5-7-10-23/h5-15,19H,3-4,16-18,20-21H2,1-2H3. The van der Waals surface area contributed by atoms with E-state index < -0.39 is 0 Å². The molecule has 0 aliphatic rings. The number of benzene rings is 2. The molecule has 0 saturated heterocycles. The van der Waals surface area contributed by atoms with E-state index in [9.17, 15) is 9.59 Å². The Bertz CT molecular complexity index is 966. The van der Waals surface area contributed by atoms with Gasteiger partial charge < -0.3 is 14.2 Å². The van der Waals surface area contributed by atoms with Crippen molar-refractivity contribution in [3.63, 3.8) is 0 Å². The van der Waals surface area contributed by atoms with E-state index >= 15 is 0 Å². The third-order valence-electron chi connectivity index (χ3n) is 5.51. The van der Waals surface area contributed by atoms with Crippen molar-refractivity contribution in [3.8, 4) is 0 Å². The minimum Gasteiger partial charge on any atom is -0.467 e. The average Bonchev–Trinajstić information content (AvgIpc) is 3.35. The minimum atomic E-state index is -0.108. The number of nitrogens with zero attached hydrogens (tertiary/aromatic N) is 2. The number of carbonyl (C=O) groups is 2. The molecule has 0 radical (unpaired) electrons. The molecular weight excluding hydrogens is 400 g/mol. The fourth-order valence-electron chi connectivity index (χ4n) is 3.64. The van der Waals surface area contributed by atoms with Crippen LogP contribution in [0.4, 0.5) is 0 Å². The second-order valence-electron chi connectivity index (χ2n) is 7.91. The third kappa shape index (κ3) is 6.58. The van der Waals surface area contributed by atoms with Gasteiger partial charge in [0.1, 0.15) is 12.3 Å². The van der Waals surface area contributed by atoms with Gasteiger partial charge in [0.15, 0.2) is 0 Å². The van der Waals surface area contributed by atoms with Gasteiger partial charge >= 0.3 is 0 Å². The molecule has 0 bridgehead atoms. The predicted molar refractivity (Wildman–Crippen MR) is 126 cm³/mol. The molecule has 0 aliphatic carbocycles. The molecule has 0 aliphatic heterocycles. The van der Waals surface area contributed by atoms with Crippen molar-refractivity contribution >= 4 is 11.8 Å². The Morgan fingerprint density at radius 3 is 2.19 bits per heavy atom. The molecule has 0 fully saturated rings. The lowest BCUT2D eigenvalue weighted by molar-refractivity contribution is -0.132. The Balaban J connectivity index is 1.72. The summed E-state index contributed by atoms with van der Waals surface area (Å²) in [5.74, 6) is 0.545. The highest BCUT2D eigenvalue weighted by Crippen LogP contribution is 2.12. The molecule has 168 valence electrons. The van der Waals surface area contributed by atoms with Gasteiger partial charge in [0.05, 0.1) is 12.8 Å². The van der Waals surface area contributed by atoms with Crippen molar-refractivity contribution in [1.29, 1.82) is 0 Å². The van der Waals surface area contributed by atoms with Gasteiger partial charge in [-0.25, -0.2) is 0 Å². The number of furan rings is 1. The summed E-state index contributed by atoms with van der Waals surface area (Å²) in [6.07, 6.45) is 4.07. The van der Waals surface area contributed by atoms with Gasteiger partial charge in [0.2, 0.25) is 5.91 Å². The molecule has 0 unspecified atom stereocenters. The van der Waals surface area contributed by atoms with Crippen LogP contribution >= 0.6 is 0 Å². The highest BCUT2D eigenvalue weighted by Gasteiger charge is 2.22. The van der Waals surface area contributed by atoms with Crippen molar-refractivity contribution < 1.29 is 14.0 Å². The van der Waals surface area contributed by atoms with Crippen LogP contribution in [0.3, 0.4) is 0 Å². The quantitative estimate of drug-likeness (QED) is 0.430. The molecule has 5 nitrogen and oxygen atoms in total. The van der Waals surface area contributed by atoms with Crippen molar-refractivity contribution in [2.75, 3.05) is 19.6 Å². The van der Waals surface area contributed by atoms with Gasteiger partial charge in [-0.1, -0.05) is 56.3 Å². The highest BCUT2D eigenvalue weighted by molar-refractivity contribution is 5.96. The molecule has 1 aromatic heterocycles. The third-order valence-corrected chi connectivity index (χ3v) is 5.51. The Labute approximate surface area is 190 Å². The lowest BCUT2D eigenvalue weighted by Gasteiger charge is -2.27. The Morgan fingerprint density at radius 1 is 0.812 bits per heavy atom. The van der Waals surface area contributed by atoms with E-state index in [4.69, 9.17) is 4.42 Å². The number of amides is 2. The van der Waals surface area contributed by atoms with Crippen molar-refractivity contribution in [1.82, 2.24) is 9.80 Å². The van der Waals surface area contributed by atoms with Gasteiger partial charge in [-0.15, -0.1) is 0 Å². The highest BCUT2D eigenvalue weighted by atomic mass is 16.3. The lowest BCUT2D eigenvalue weighted by Crippen LogP contribution is -2.43. The molecule has 0 spiro atoms. The van der Waals surface area contributed by atoms with E-state index in [-0.39, 0.29) is 18.4 Å². The molecule has 3 rings (SSSR count). The summed E-state index contributed by atoms with van der Waals surface area (Å²) < 4.78 is 5.48. The van der Waals surface area contributed by atoms with E-state index in [0.29, 0.717) is 25.2 Å². The monoisotopic (exact) mass is 432 g/mol. The van der Waals surface area contributed by atoms with E-state index in [1.807, 2.05) is 61.5 Å². The summed E-state index contributed by atoms with van der Waals surface area (Å²) >= 11 is 0. The van der Waals surface area contributed by atoms with Crippen LogP contribution in [0, 0.1) is 0 Å². The average molecular weight is 433 g/mol. The summed E-state index contributed by atoms with van der Waals surface area (Å²) in [5.41, 5.74) is 2.97. The molecule has 5 heteroatoms. The number of carbonyl (C=O) groups excluding carboxylic acids is 2. The zero-order valence-electron chi connectivity index (χ0n) is 19.0. The summed E-state index contributed by atoms with van der Waals surface area (Å²) in [5, 5.41) is 0. The molecule has 32 heavy (non-hydrogen) atoms. The molecule has 0 atom stereocenters. The SMILES string of the molecule is CCCN(CC(=O)N(CCc1ccccc1)Cc1ccco1)C(=O)c1ccc(CC)cc1. The van der Waals surface area contributed by atoms with Crippen LogP contribution in [0.1, 0.15) is 47.5 Å². The molecule has 1 heterocycles. The second-order valence-corrected chi connectivity index (χ2v) is 7.91. The van der Waals surface area contributed by atoms with E-state index in [2.05, 4.69) is 19.1 Å². The Hall–Kier alpha value is -3.34. The number of aryl methyl sites for hydroxylation is 1. The summed E-state index contributed by atoms with van der Waals surface area (Å²) in [4.78, 5) is 29.9. The number of rotatable bonds is 11. The second kappa shape index (κ2) is 11.9. The smallest absolute Gasteiger partial charge is 0.254 e. The normalized spacial score (nSPS) is 10.7. The van der Waals surface area contributed by atoms with Gasteiger partial charge in [0.25, 0.3) is 5.91 Å². The maximum atomic E-state index is 13.3. The summed E-state index contributed by atoms with van der Waals surface area (Å²) in [7, 11) is 0. The van der Waals surface area contributed by atoms with E-state index in [1.165, 1.54) is 11.1 Å². The fraction of sp³-hybridized carbons (Fsp3) is 0.333. The zero-order chi connectivity index (χ0) is 22.8. The van der Waals surface area contributed by atoms with Crippen molar-refractivity contribution in [3.05, 3.63) is 95.4 Å². The van der Waals surface area contributed by atoms with Gasteiger partial charge in [-0.05, 0) is 54.7 Å². The largest absolute Gasteiger partial charge is 0.467 e. The summed E-state index contributed by atoms with van der Waals surface area (Å²) in [6.45, 7) is 5.63. The van der Waals surface area contributed by atoms with Crippen LogP contribution in [0.25, 0.3) is 0 Å². The number of hydrogen-bond acceptors (Lipinski definition) is 3. The van der Waals surface area contributed by atoms with Crippen LogP contribution in [0.5, 0.6) is 0 Å². The van der Waals surface area contributed by atoms with Crippen LogP contribution < -0.4 is 0 Å². The Kier molecular flexibility index (Phi) is 8.67. The van der Waals surface area contributed by atoms with Crippen LogP contribution in [0.15, 0.2) is 77.4 Å². The fourth-order valence-corrected chi connectivity index (χ4v) is 3.64. The molecule has 2 aromatic carbocycles. The van der Waals surface area contributed by atoms with Crippen molar-refractivity contribution in [2.24, 2.45) is 0 Å².